The fourth-order valence-electron chi connectivity index (χ4n) is 3.01. The number of rotatable bonds is 3. The predicted molar refractivity (Wildman–Crippen MR) is 100 cm³/mol. The number of hydrogen-bond donors (Lipinski definition) is 0. The molecule has 130 valence electrons. The number of nitrogens with zero attached hydrogens (tertiary/aromatic N) is 2. The first-order valence-corrected chi connectivity index (χ1v) is 9.21. The minimum absolute atomic E-state index is 0.185. The van der Waals surface area contributed by atoms with Crippen LogP contribution in [0.1, 0.15) is 5.56 Å². The molecule has 26 heavy (non-hydrogen) atoms. The summed E-state index contributed by atoms with van der Waals surface area (Å²) in [5, 5.41) is 1.83. The molecule has 0 fully saturated rings. The van der Waals surface area contributed by atoms with Crippen molar-refractivity contribution in [2.45, 2.75) is 11.8 Å². The third-order valence-electron chi connectivity index (χ3n) is 4.22. The highest BCUT2D eigenvalue weighted by molar-refractivity contribution is 8.04. The number of carbonyl (C=O) groups excluding carboxylic acids is 2. The lowest BCUT2D eigenvalue weighted by Crippen LogP contribution is -2.55. The second-order valence-corrected chi connectivity index (χ2v) is 7.34. The number of allylic oxidation sites excluding steroid dienone is 1. The number of urea groups is 1. The first kappa shape index (κ1) is 17.0. The largest absolute Gasteiger partial charge is 0.506 e. The maximum absolute atomic E-state index is 13.5. The van der Waals surface area contributed by atoms with Crippen molar-refractivity contribution in [1.29, 1.82) is 0 Å². The van der Waals surface area contributed by atoms with E-state index in [1.807, 2.05) is 0 Å². The average molecular weight is 388 g/mol. The molecule has 0 aliphatic carbocycles. The van der Waals surface area contributed by atoms with E-state index < -0.39 is 11.3 Å². The molecule has 0 saturated heterocycles. The normalized spacial score (nSPS) is 19.3. The molecule has 0 saturated carbocycles. The van der Waals surface area contributed by atoms with Crippen LogP contribution >= 0.6 is 23.4 Å². The van der Waals surface area contributed by atoms with Crippen molar-refractivity contribution in [3.63, 3.8) is 0 Å². The van der Waals surface area contributed by atoms with Crippen LogP contribution in [-0.4, -0.2) is 27.5 Å². The standard InChI is InChI=1S/C19H13ClFN2O2S/c20-13-4-6-15(7-5-13)23-18(24)17-16(8-9-26-17)22(19(23)25)11-12-2-1-3-14(21)10-12/h1-10,17H,11H2/q+1. The van der Waals surface area contributed by atoms with E-state index in [0.29, 0.717) is 22.0 Å². The summed E-state index contributed by atoms with van der Waals surface area (Å²) < 4.78 is 15.0. The van der Waals surface area contributed by atoms with Gasteiger partial charge in [0, 0.05) is 5.02 Å². The minimum Gasteiger partial charge on any atom is -0.244 e. The molecule has 7 heteroatoms. The Hall–Kier alpha value is -2.44. The molecule has 4 rings (SSSR count). The van der Waals surface area contributed by atoms with E-state index in [1.54, 1.807) is 47.9 Å². The van der Waals surface area contributed by atoms with Crippen molar-refractivity contribution in [3.8, 4) is 0 Å². The maximum atomic E-state index is 13.5. The van der Waals surface area contributed by atoms with Gasteiger partial charge >= 0.3 is 11.9 Å². The summed E-state index contributed by atoms with van der Waals surface area (Å²) in [5.41, 5.74) is 1.74. The number of anilines is 1. The molecule has 3 amide bonds. The minimum atomic E-state index is -0.489. The number of amides is 3. The number of thioether (sulfide) groups is 1. The van der Waals surface area contributed by atoms with Crippen LogP contribution in [0.15, 0.2) is 60.0 Å². The van der Waals surface area contributed by atoms with Crippen LogP contribution in [0.5, 0.6) is 0 Å². The van der Waals surface area contributed by atoms with Gasteiger partial charge in [-0.15, -0.1) is 16.7 Å². The van der Waals surface area contributed by atoms with Crippen molar-refractivity contribution in [3.05, 3.63) is 76.4 Å². The molecule has 0 aromatic heterocycles. The monoisotopic (exact) mass is 387 g/mol. The Kier molecular flexibility index (Phi) is 4.38. The van der Waals surface area contributed by atoms with E-state index in [0.717, 1.165) is 4.90 Å². The van der Waals surface area contributed by atoms with Crippen molar-refractivity contribution in [1.82, 2.24) is 0 Å². The molecule has 1 unspecified atom stereocenters. The first-order chi connectivity index (χ1) is 12.5. The summed E-state index contributed by atoms with van der Waals surface area (Å²) in [4.78, 5) is 27.1. The fourth-order valence-corrected chi connectivity index (χ4v) is 4.08. The Labute approximate surface area is 158 Å². The topological polar surface area (TPSA) is 40.4 Å². The smallest absolute Gasteiger partial charge is 0.244 e. The van der Waals surface area contributed by atoms with E-state index in [9.17, 15) is 14.0 Å². The van der Waals surface area contributed by atoms with Gasteiger partial charge in [0.25, 0.3) is 0 Å². The number of halogens is 2. The molecule has 0 radical (unpaired) electrons. The molecule has 1 atom stereocenters. The molecule has 0 spiro atoms. The third-order valence-corrected chi connectivity index (χ3v) is 5.48. The Morgan fingerprint density at radius 2 is 1.92 bits per heavy atom. The van der Waals surface area contributed by atoms with Gasteiger partial charge < -0.3 is 0 Å². The number of carbonyl (C=O) groups is 2. The fraction of sp³-hybridized carbons (Fsp3) is 0.105. The molecule has 2 aromatic rings. The molecule has 0 bridgehead atoms. The quantitative estimate of drug-likeness (QED) is 0.740. The third kappa shape index (κ3) is 2.95. The van der Waals surface area contributed by atoms with Crippen molar-refractivity contribution < 1.29 is 18.6 Å². The van der Waals surface area contributed by atoms with Crippen LogP contribution in [0.4, 0.5) is 14.9 Å². The second kappa shape index (κ2) is 6.70. The SMILES string of the molecule is O=C1C2SC=CC2=[N+](Cc2cccc(F)c2)C(=O)N1c1ccc(Cl)cc1. The molecule has 4 nitrogen and oxygen atoms in total. The number of fused-ring (bicyclic) bond motifs is 1. The van der Waals surface area contributed by atoms with Crippen molar-refractivity contribution >= 4 is 46.7 Å². The number of benzene rings is 2. The summed E-state index contributed by atoms with van der Waals surface area (Å²) in [7, 11) is 0. The van der Waals surface area contributed by atoms with E-state index in [1.165, 1.54) is 28.5 Å². The lowest BCUT2D eigenvalue weighted by Gasteiger charge is -2.24. The highest BCUT2D eigenvalue weighted by Crippen LogP contribution is 2.31. The van der Waals surface area contributed by atoms with E-state index in [2.05, 4.69) is 0 Å². The highest BCUT2D eigenvalue weighted by atomic mass is 35.5. The molecule has 2 aromatic carbocycles. The Bertz CT molecular complexity index is 972. The van der Waals surface area contributed by atoms with E-state index >= 15 is 0 Å². The second-order valence-electron chi connectivity index (χ2n) is 5.89. The van der Waals surface area contributed by atoms with Crippen LogP contribution in [-0.2, 0) is 11.3 Å². The van der Waals surface area contributed by atoms with Gasteiger partial charge in [-0.1, -0.05) is 23.7 Å². The Morgan fingerprint density at radius 1 is 1.15 bits per heavy atom. The summed E-state index contributed by atoms with van der Waals surface area (Å²) >= 11 is 7.26. The zero-order valence-electron chi connectivity index (χ0n) is 13.4. The van der Waals surface area contributed by atoms with E-state index in [-0.39, 0.29) is 18.3 Å². The van der Waals surface area contributed by atoms with Crippen LogP contribution in [0, 0.1) is 5.82 Å². The van der Waals surface area contributed by atoms with Gasteiger partial charge in [0.05, 0.1) is 0 Å². The summed E-state index contributed by atoms with van der Waals surface area (Å²) in [5.74, 6) is -0.659. The zero-order valence-corrected chi connectivity index (χ0v) is 15.0. The van der Waals surface area contributed by atoms with Gasteiger partial charge in [-0.2, -0.15) is 9.37 Å². The zero-order chi connectivity index (χ0) is 18.3. The maximum Gasteiger partial charge on any atom is 0.506 e. The van der Waals surface area contributed by atoms with Gasteiger partial charge in [-0.3, -0.25) is 0 Å². The molecular weight excluding hydrogens is 375 g/mol. The lowest BCUT2D eigenvalue weighted by molar-refractivity contribution is -0.444. The molecule has 0 N–H and O–H groups in total. The molecular formula is C19H13ClFN2O2S+. The van der Waals surface area contributed by atoms with Crippen LogP contribution in [0.2, 0.25) is 5.02 Å². The van der Waals surface area contributed by atoms with E-state index in [4.69, 9.17) is 11.6 Å². The summed E-state index contributed by atoms with van der Waals surface area (Å²) in [6, 6.07) is 12.2. The van der Waals surface area contributed by atoms with Crippen molar-refractivity contribution in [2.24, 2.45) is 0 Å². The van der Waals surface area contributed by atoms with Crippen molar-refractivity contribution in [2.75, 3.05) is 4.90 Å². The van der Waals surface area contributed by atoms with Gasteiger partial charge in [0.2, 0.25) is 0 Å². The van der Waals surface area contributed by atoms with Crippen LogP contribution in [0.3, 0.4) is 0 Å². The van der Waals surface area contributed by atoms with Crippen LogP contribution < -0.4 is 4.90 Å². The predicted octanol–water partition coefficient (Wildman–Crippen LogP) is 4.23. The lowest BCUT2D eigenvalue weighted by atomic mass is 10.1. The van der Waals surface area contributed by atoms with Gasteiger partial charge in [-0.25, -0.2) is 9.18 Å². The average Bonchev–Trinajstić information content (AvgIpc) is 3.10. The Morgan fingerprint density at radius 3 is 2.65 bits per heavy atom. The molecule has 2 heterocycles. The van der Waals surface area contributed by atoms with Gasteiger partial charge in [-0.05, 0) is 53.4 Å². The summed E-state index contributed by atoms with van der Waals surface area (Å²) in [6.45, 7) is 0.185. The van der Waals surface area contributed by atoms with Gasteiger partial charge in [0.15, 0.2) is 5.25 Å². The highest BCUT2D eigenvalue weighted by Gasteiger charge is 2.49. The summed E-state index contributed by atoms with van der Waals surface area (Å²) in [6.07, 6.45) is 1.77. The molecule has 2 aliphatic heterocycles. The van der Waals surface area contributed by atoms with Gasteiger partial charge in [0.1, 0.15) is 23.8 Å². The first-order valence-electron chi connectivity index (χ1n) is 7.89. The number of hydrogen-bond acceptors (Lipinski definition) is 3. The number of imide groups is 1. The molecule has 2 aliphatic rings. The van der Waals surface area contributed by atoms with Crippen LogP contribution in [0.25, 0.3) is 0 Å². The Balaban J connectivity index is 1.76.